The summed E-state index contributed by atoms with van der Waals surface area (Å²) in [5, 5.41) is 3.04. The second kappa shape index (κ2) is 14.7. The van der Waals surface area contributed by atoms with Gasteiger partial charge >= 0.3 is 0 Å². The third-order valence-electron chi connectivity index (χ3n) is 6.86. The molecule has 0 aliphatic carbocycles. The first-order valence-corrected chi connectivity index (χ1v) is 15.8. The van der Waals surface area contributed by atoms with Crippen LogP contribution in [0.1, 0.15) is 43.9 Å². The number of nitrogens with zero attached hydrogens (tertiary/aromatic N) is 2. The average molecular weight is 580 g/mol. The van der Waals surface area contributed by atoms with Crippen LogP contribution in [-0.2, 0) is 32.6 Å². The van der Waals surface area contributed by atoms with Gasteiger partial charge in [0.2, 0.25) is 21.8 Å². The number of hydrogen-bond acceptors (Lipinski definition) is 5. The van der Waals surface area contributed by atoms with Gasteiger partial charge < -0.3 is 15.0 Å². The van der Waals surface area contributed by atoms with E-state index in [1.807, 2.05) is 75.4 Å². The SMILES string of the molecule is CCOc1ccccc1N(CC(=O)N(Cc1ccc(C)cc1)C(Cc1ccccc1)C(=O)NC(C)CC)S(C)(=O)=O. The lowest BCUT2D eigenvalue weighted by molar-refractivity contribution is -0.140. The summed E-state index contributed by atoms with van der Waals surface area (Å²) in [6, 6.07) is 23.0. The molecule has 1 N–H and O–H groups in total. The lowest BCUT2D eigenvalue weighted by Gasteiger charge is -2.34. The van der Waals surface area contributed by atoms with Gasteiger partial charge in [0.1, 0.15) is 18.3 Å². The van der Waals surface area contributed by atoms with E-state index in [9.17, 15) is 18.0 Å². The van der Waals surface area contributed by atoms with E-state index in [1.165, 1.54) is 4.90 Å². The zero-order valence-corrected chi connectivity index (χ0v) is 25.4. The van der Waals surface area contributed by atoms with Gasteiger partial charge in [0, 0.05) is 19.0 Å². The number of hydrogen-bond donors (Lipinski definition) is 1. The lowest BCUT2D eigenvalue weighted by Crippen LogP contribution is -2.54. The van der Waals surface area contributed by atoms with Crippen LogP contribution in [0.4, 0.5) is 5.69 Å². The molecule has 0 saturated heterocycles. The van der Waals surface area contributed by atoms with Crippen LogP contribution in [-0.4, -0.2) is 56.6 Å². The number of nitrogens with one attached hydrogen (secondary N) is 1. The number of sulfonamides is 1. The summed E-state index contributed by atoms with van der Waals surface area (Å²) < 4.78 is 32.8. The highest BCUT2D eigenvalue weighted by atomic mass is 32.2. The van der Waals surface area contributed by atoms with Crippen LogP contribution in [0.25, 0.3) is 0 Å². The van der Waals surface area contributed by atoms with Crippen molar-refractivity contribution in [3.63, 3.8) is 0 Å². The fourth-order valence-corrected chi connectivity index (χ4v) is 5.27. The molecule has 0 saturated carbocycles. The summed E-state index contributed by atoms with van der Waals surface area (Å²) in [6.07, 6.45) is 2.06. The molecular weight excluding hydrogens is 538 g/mol. The minimum Gasteiger partial charge on any atom is -0.492 e. The molecule has 0 fully saturated rings. The van der Waals surface area contributed by atoms with Gasteiger partial charge in [0.25, 0.3) is 0 Å². The number of ether oxygens (including phenoxy) is 1. The second-order valence-corrected chi connectivity index (χ2v) is 12.1. The number of amides is 2. The van der Waals surface area contributed by atoms with E-state index in [1.54, 1.807) is 31.2 Å². The molecule has 2 amide bonds. The van der Waals surface area contributed by atoms with Crippen LogP contribution in [0.2, 0.25) is 0 Å². The average Bonchev–Trinajstić information content (AvgIpc) is 2.95. The molecule has 220 valence electrons. The van der Waals surface area contributed by atoms with Crippen LogP contribution < -0.4 is 14.4 Å². The largest absolute Gasteiger partial charge is 0.492 e. The quantitative estimate of drug-likeness (QED) is 0.298. The Balaban J connectivity index is 2.08. The summed E-state index contributed by atoms with van der Waals surface area (Å²) in [7, 11) is -3.89. The maximum Gasteiger partial charge on any atom is 0.244 e. The molecule has 0 radical (unpaired) electrons. The Labute approximate surface area is 244 Å². The Morgan fingerprint density at radius 1 is 0.902 bits per heavy atom. The Morgan fingerprint density at radius 2 is 1.54 bits per heavy atom. The first kappa shape index (κ1) is 31.7. The number of anilines is 1. The number of carbonyl (C=O) groups is 2. The topological polar surface area (TPSA) is 96.0 Å². The monoisotopic (exact) mass is 579 g/mol. The van der Waals surface area contributed by atoms with Crippen LogP contribution in [0.5, 0.6) is 5.75 Å². The van der Waals surface area contributed by atoms with Gasteiger partial charge in [-0.1, -0.05) is 79.2 Å². The zero-order valence-electron chi connectivity index (χ0n) is 24.5. The summed E-state index contributed by atoms with van der Waals surface area (Å²) in [5.41, 5.74) is 3.06. The molecule has 0 aliphatic rings. The van der Waals surface area contributed by atoms with Crippen molar-refractivity contribution in [2.24, 2.45) is 0 Å². The van der Waals surface area contributed by atoms with Crippen molar-refractivity contribution >= 4 is 27.5 Å². The van der Waals surface area contributed by atoms with Gasteiger partial charge in [-0.25, -0.2) is 8.42 Å². The van der Waals surface area contributed by atoms with E-state index < -0.39 is 28.5 Å². The molecule has 0 heterocycles. The van der Waals surface area contributed by atoms with Crippen molar-refractivity contribution in [2.75, 3.05) is 23.7 Å². The van der Waals surface area contributed by atoms with Gasteiger partial charge in [-0.15, -0.1) is 0 Å². The standard InChI is InChI=1S/C32H41N3O5S/c1-6-25(4)33-32(37)29(21-26-13-9-8-10-14-26)34(22-27-19-17-24(3)18-20-27)31(36)23-35(41(5,38)39)28-15-11-12-16-30(28)40-7-2/h8-20,25,29H,6-7,21-23H2,1-5H3,(H,33,37). The number of benzene rings is 3. The van der Waals surface area contributed by atoms with E-state index in [4.69, 9.17) is 4.74 Å². The summed E-state index contributed by atoms with van der Waals surface area (Å²) in [5.74, 6) is -0.430. The van der Waals surface area contributed by atoms with Crippen molar-refractivity contribution in [2.45, 2.75) is 59.2 Å². The van der Waals surface area contributed by atoms with E-state index in [-0.39, 0.29) is 30.6 Å². The van der Waals surface area contributed by atoms with E-state index in [0.29, 0.717) is 12.4 Å². The van der Waals surface area contributed by atoms with Crippen molar-refractivity contribution in [3.05, 3.63) is 95.6 Å². The minimum absolute atomic E-state index is 0.0947. The summed E-state index contributed by atoms with van der Waals surface area (Å²) in [4.78, 5) is 29.4. The normalized spacial score (nSPS) is 12.7. The summed E-state index contributed by atoms with van der Waals surface area (Å²) >= 11 is 0. The van der Waals surface area contributed by atoms with Crippen molar-refractivity contribution in [1.29, 1.82) is 0 Å². The number of rotatable bonds is 14. The van der Waals surface area contributed by atoms with E-state index in [2.05, 4.69) is 5.32 Å². The van der Waals surface area contributed by atoms with Crippen molar-refractivity contribution < 1.29 is 22.7 Å². The first-order chi connectivity index (χ1) is 19.5. The van der Waals surface area contributed by atoms with Gasteiger partial charge in [-0.05, 0) is 50.5 Å². The molecule has 0 aromatic heterocycles. The van der Waals surface area contributed by atoms with Gasteiger partial charge in [0.15, 0.2) is 0 Å². The van der Waals surface area contributed by atoms with Crippen LogP contribution in [0.15, 0.2) is 78.9 Å². The number of para-hydroxylation sites is 2. The molecule has 3 aromatic carbocycles. The maximum atomic E-state index is 14.2. The Bertz CT molecular complexity index is 1390. The predicted molar refractivity (Wildman–Crippen MR) is 163 cm³/mol. The minimum atomic E-state index is -3.89. The molecule has 3 rings (SSSR count). The van der Waals surface area contributed by atoms with Gasteiger partial charge in [0.05, 0.1) is 18.6 Å². The summed E-state index contributed by atoms with van der Waals surface area (Å²) in [6.45, 7) is 7.65. The third-order valence-corrected chi connectivity index (χ3v) is 7.99. The van der Waals surface area contributed by atoms with Crippen LogP contribution in [0, 0.1) is 6.92 Å². The second-order valence-electron chi connectivity index (χ2n) is 10.2. The Kier molecular flexibility index (Phi) is 11.3. The smallest absolute Gasteiger partial charge is 0.244 e. The molecule has 2 unspecified atom stereocenters. The highest BCUT2D eigenvalue weighted by Crippen LogP contribution is 2.30. The highest BCUT2D eigenvalue weighted by Gasteiger charge is 2.34. The Hall–Kier alpha value is -3.85. The molecule has 0 aliphatic heterocycles. The molecular formula is C32H41N3O5S. The third kappa shape index (κ3) is 9.08. The molecule has 0 spiro atoms. The highest BCUT2D eigenvalue weighted by molar-refractivity contribution is 7.92. The number of aryl methyl sites for hydroxylation is 1. The fourth-order valence-electron chi connectivity index (χ4n) is 4.42. The molecule has 3 aromatic rings. The van der Waals surface area contributed by atoms with Crippen LogP contribution >= 0.6 is 0 Å². The Morgan fingerprint density at radius 3 is 2.15 bits per heavy atom. The molecule has 9 heteroatoms. The molecule has 2 atom stereocenters. The van der Waals surface area contributed by atoms with Crippen molar-refractivity contribution in [3.8, 4) is 5.75 Å². The van der Waals surface area contributed by atoms with Crippen molar-refractivity contribution in [1.82, 2.24) is 10.2 Å². The van der Waals surface area contributed by atoms with Crippen LogP contribution in [0.3, 0.4) is 0 Å². The lowest BCUT2D eigenvalue weighted by atomic mass is 10.0. The maximum absolute atomic E-state index is 14.2. The van der Waals surface area contributed by atoms with E-state index in [0.717, 1.165) is 33.7 Å². The fraction of sp³-hybridized carbons (Fsp3) is 0.375. The number of carbonyl (C=O) groups excluding carboxylic acids is 2. The van der Waals surface area contributed by atoms with Gasteiger partial charge in [-0.2, -0.15) is 0 Å². The van der Waals surface area contributed by atoms with Gasteiger partial charge in [-0.3, -0.25) is 13.9 Å². The molecule has 0 bridgehead atoms. The molecule has 41 heavy (non-hydrogen) atoms. The van der Waals surface area contributed by atoms with E-state index >= 15 is 0 Å². The first-order valence-electron chi connectivity index (χ1n) is 13.9. The predicted octanol–water partition coefficient (Wildman–Crippen LogP) is 4.71. The zero-order chi connectivity index (χ0) is 30.0. The molecule has 8 nitrogen and oxygen atoms in total.